The Morgan fingerprint density at radius 2 is 2.00 bits per heavy atom. The van der Waals surface area contributed by atoms with Crippen LogP contribution in [0.1, 0.15) is 18.3 Å². The normalized spacial score (nSPS) is 12.9. The zero-order valence-electron chi connectivity index (χ0n) is 15.7. The Labute approximate surface area is 162 Å². The maximum atomic E-state index is 12.8. The lowest BCUT2D eigenvalue weighted by Crippen LogP contribution is -2.31. The number of aryl methyl sites for hydroxylation is 2. The van der Waals surface area contributed by atoms with Gasteiger partial charge in [-0.15, -0.1) is 0 Å². The number of benzene rings is 1. The van der Waals surface area contributed by atoms with Crippen molar-refractivity contribution in [3.63, 3.8) is 0 Å². The number of anilines is 1. The van der Waals surface area contributed by atoms with Crippen molar-refractivity contribution in [1.29, 1.82) is 0 Å². The molecular formula is C18H21N5O4S. The van der Waals surface area contributed by atoms with E-state index in [2.05, 4.69) is 19.8 Å². The molecule has 0 amide bonds. The molecule has 28 heavy (non-hydrogen) atoms. The van der Waals surface area contributed by atoms with Crippen LogP contribution in [0.25, 0.3) is 22.6 Å². The molecule has 9 nitrogen and oxygen atoms in total. The van der Waals surface area contributed by atoms with Crippen LogP contribution in [0.3, 0.4) is 0 Å². The lowest BCUT2D eigenvalue weighted by atomic mass is 10.0. The highest BCUT2D eigenvalue weighted by molar-refractivity contribution is 7.89. The molecule has 1 aromatic carbocycles. The van der Waals surface area contributed by atoms with E-state index in [9.17, 15) is 13.5 Å². The molecule has 0 radical (unpaired) electrons. The smallest absolute Gasteiger partial charge is 0.261 e. The zero-order chi connectivity index (χ0) is 20.5. The van der Waals surface area contributed by atoms with E-state index in [0.717, 1.165) is 5.56 Å². The van der Waals surface area contributed by atoms with Crippen LogP contribution < -0.4 is 10.5 Å². The Hall–Kier alpha value is -2.82. The molecule has 148 valence electrons. The summed E-state index contributed by atoms with van der Waals surface area (Å²) in [5.41, 5.74) is 8.21. The summed E-state index contributed by atoms with van der Waals surface area (Å²) in [5.74, 6) is 0.839. The summed E-state index contributed by atoms with van der Waals surface area (Å²) < 4.78 is 33.1. The van der Waals surface area contributed by atoms with Gasteiger partial charge in [-0.05, 0) is 32.9 Å². The van der Waals surface area contributed by atoms with Crippen LogP contribution in [-0.4, -0.2) is 41.3 Å². The highest BCUT2D eigenvalue weighted by Gasteiger charge is 2.21. The van der Waals surface area contributed by atoms with Gasteiger partial charge in [0.2, 0.25) is 10.0 Å². The molecule has 4 N–H and O–H groups in total. The van der Waals surface area contributed by atoms with Crippen molar-refractivity contribution < 1.29 is 18.0 Å². The fourth-order valence-electron chi connectivity index (χ4n) is 2.61. The minimum absolute atomic E-state index is 0.0676. The number of nitrogen functional groups attached to an aromatic ring is 1. The Kier molecular flexibility index (Phi) is 5.45. The number of sulfonamides is 1. The summed E-state index contributed by atoms with van der Waals surface area (Å²) in [6.07, 6.45) is 0.680. The number of nitrogens with one attached hydrogen (secondary N) is 1. The van der Waals surface area contributed by atoms with Gasteiger partial charge in [0, 0.05) is 23.9 Å². The molecule has 0 saturated carbocycles. The van der Waals surface area contributed by atoms with Crippen molar-refractivity contribution in [2.75, 3.05) is 12.3 Å². The van der Waals surface area contributed by atoms with E-state index in [1.165, 1.54) is 19.2 Å². The van der Waals surface area contributed by atoms with Gasteiger partial charge in [-0.2, -0.15) is 4.98 Å². The van der Waals surface area contributed by atoms with Crippen LogP contribution >= 0.6 is 0 Å². The molecule has 0 fully saturated rings. The molecule has 0 saturated heterocycles. The number of pyridine rings is 1. The Morgan fingerprint density at radius 3 is 2.64 bits per heavy atom. The van der Waals surface area contributed by atoms with Crippen molar-refractivity contribution in [2.24, 2.45) is 0 Å². The average molecular weight is 403 g/mol. The second-order valence-corrected chi connectivity index (χ2v) is 8.24. The molecule has 0 aliphatic carbocycles. The molecular weight excluding hydrogens is 382 g/mol. The van der Waals surface area contributed by atoms with Gasteiger partial charge >= 0.3 is 0 Å². The fourth-order valence-corrected chi connectivity index (χ4v) is 3.94. The van der Waals surface area contributed by atoms with Gasteiger partial charge in [-0.25, -0.2) is 18.1 Å². The van der Waals surface area contributed by atoms with E-state index < -0.39 is 16.1 Å². The standard InChI is InChI=1S/C18H21N5O4S/c1-10-4-5-16(28(25,26)21-8-11(2)24)14(6-10)13-7-15(17(19)20-9-13)18-22-12(3)23-27-18/h4-7,9,11,21,24H,8H2,1-3H3,(H2,19,20). The molecule has 0 spiro atoms. The highest BCUT2D eigenvalue weighted by Crippen LogP contribution is 2.32. The van der Waals surface area contributed by atoms with Crippen LogP contribution in [0.4, 0.5) is 5.82 Å². The van der Waals surface area contributed by atoms with E-state index in [0.29, 0.717) is 22.5 Å². The molecule has 10 heteroatoms. The maximum absolute atomic E-state index is 12.8. The van der Waals surface area contributed by atoms with Crippen LogP contribution in [0.2, 0.25) is 0 Å². The number of aromatic nitrogens is 3. The first kappa shape index (κ1) is 19.9. The third-order valence-electron chi connectivity index (χ3n) is 3.98. The number of rotatable bonds is 6. The molecule has 2 aromatic heterocycles. The largest absolute Gasteiger partial charge is 0.392 e. The first-order valence-corrected chi connectivity index (χ1v) is 10.0. The van der Waals surface area contributed by atoms with Gasteiger partial charge in [0.15, 0.2) is 5.82 Å². The van der Waals surface area contributed by atoms with Gasteiger partial charge in [-0.1, -0.05) is 22.9 Å². The summed E-state index contributed by atoms with van der Waals surface area (Å²) in [5, 5.41) is 13.2. The quantitative estimate of drug-likeness (QED) is 0.563. The molecule has 1 atom stereocenters. The minimum atomic E-state index is -3.85. The number of aliphatic hydroxyl groups is 1. The zero-order valence-corrected chi connectivity index (χ0v) is 16.5. The van der Waals surface area contributed by atoms with Crippen molar-refractivity contribution in [1.82, 2.24) is 19.8 Å². The molecule has 2 heterocycles. The Morgan fingerprint density at radius 1 is 1.25 bits per heavy atom. The number of hydrogen-bond donors (Lipinski definition) is 3. The van der Waals surface area contributed by atoms with Gasteiger partial charge in [0.25, 0.3) is 5.89 Å². The minimum Gasteiger partial charge on any atom is -0.392 e. The third kappa shape index (κ3) is 4.19. The monoisotopic (exact) mass is 403 g/mol. The summed E-state index contributed by atoms with van der Waals surface area (Å²) in [4.78, 5) is 8.39. The van der Waals surface area contributed by atoms with E-state index in [4.69, 9.17) is 10.3 Å². The van der Waals surface area contributed by atoms with Crippen molar-refractivity contribution >= 4 is 15.8 Å². The number of nitrogens with two attached hydrogens (primary N) is 1. The van der Waals surface area contributed by atoms with E-state index in [1.54, 1.807) is 25.1 Å². The lowest BCUT2D eigenvalue weighted by Gasteiger charge is -2.14. The number of nitrogens with zero attached hydrogens (tertiary/aromatic N) is 3. The molecule has 1 unspecified atom stereocenters. The van der Waals surface area contributed by atoms with Gasteiger partial charge in [-0.3, -0.25) is 0 Å². The van der Waals surface area contributed by atoms with Crippen molar-refractivity contribution in [2.45, 2.75) is 31.8 Å². The fraction of sp³-hybridized carbons (Fsp3) is 0.278. The summed E-state index contributed by atoms with van der Waals surface area (Å²) in [6, 6.07) is 6.63. The van der Waals surface area contributed by atoms with Gasteiger partial charge < -0.3 is 15.4 Å². The second kappa shape index (κ2) is 7.66. The predicted octanol–water partition coefficient (Wildman–Crippen LogP) is 1.66. The SMILES string of the molecule is Cc1ccc(S(=O)(=O)NCC(C)O)c(-c2cnc(N)c(-c3nc(C)no3)c2)c1. The first-order valence-electron chi connectivity index (χ1n) is 8.52. The predicted molar refractivity (Wildman–Crippen MR) is 104 cm³/mol. The molecule has 0 aliphatic heterocycles. The second-order valence-electron chi connectivity index (χ2n) is 6.50. The summed E-state index contributed by atoms with van der Waals surface area (Å²) in [6.45, 7) is 4.94. The van der Waals surface area contributed by atoms with E-state index >= 15 is 0 Å². The molecule has 0 bridgehead atoms. The average Bonchev–Trinajstić information content (AvgIpc) is 3.06. The van der Waals surface area contributed by atoms with Gasteiger partial charge in [0.05, 0.1) is 16.6 Å². The molecule has 3 rings (SSSR count). The van der Waals surface area contributed by atoms with Crippen LogP contribution in [-0.2, 0) is 10.0 Å². The van der Waals surface area contributed by atoms with Crippen LogP contribution in [0, 0.1) is 13.8 Å². The maximum Gasteiger partial charge on any atom is 0.261 e. The first-order chi connectivity index (χ1) is 13.2. The summed E-state index contributed by atoms with van der Waals surface area (Å²) in [7, 11) is -3.85. The Balaban J connectivity index is 2.13. The van der Waals surface area contributed by atoms with Gasteiger partial charge in [0.1, 0.15) is 5.82 Å². The highest BCUT2D eigenvalue weighted by atomic mass is 32.2. The molecule has 0 aliphatic rings. The van der Waals surface area contributed by atoms with Crippen LogP contribution in [0.15, 0.2) is 39.9 Å². The van der Waals surface area contributed by atoms with Crippen molar-refractivity contribution in [3.8, 4) is 22.6 Å². The lowest BCUT2D eigenvalue weighted by molar-refractivity contribution is 0.198. The third-order valence-corrected chi connectivity index (χ3v) is 5.46. The number of hydrogen-bond acceptors (Lipinski definition) is 8. The van der Waals surface area contributed by atoms with Crippen LogP contribution in [0.5, 0.6) is 0 Å². The Bertz CT molecular complexity index is 1110. The molecule has 3 aromatic rings. The van der Waals surface area contributed by atoms with Crippen molar-refractivity contribution in [3.05, 3.63) is 41.9 Å². The van der Waals surface area contributed by atoms with E-state index in [1.807, 2.05) is 6.92 Å². The topological polar surface area (TPSA) is 144 Å². The van der Waals surface area contributed by atoms with E-state index in [-0.39, 0.29) is 23.1 Å². The summed E-state index contributed by atoms with van der Waals surface area (Å²) >= 11 is 0. The number of aliphatic hydroxyl groups excluding tert-OH is 1.